The van der Waals surface area contributed by atoms with Gasteiger partial charge in [-0.2, -0.15) is 0 Å². The smallest absolute Gasteiger partial charge is 0.296 e. The Kier molecular flexibility index (Phi) is 9.31. The highest BCUT2D eigenvalue weighted by Gasteiger charge is 2.46. The van der Waals surface area contributed by atoms with Crippen molar-refractivity contribution in [2.45, 2.75) is 52.1 Å². The molecule has 2 aromatic carbocycles. The molecule has 3 aromatic rings. The topological polar surface area (TPSA) is 98.4 Å². The highest BCUT2D eigenvalue weighted by atomic mass is 16.5. The van der Waals surface area contributed by atoms with Crippen molar-refractivity contribution < 1.29 is 33.3 Å². The lowest BCUT2D eigenvalue weighted by molar-refractivity contribution is -0.140. The number of ether oxygens (including phenoxy) is 3. The number of rotatable bonds is 13. The Morgan fingerprint density at radius 3 is 2.31 bits per heavy atom. The minimum Gasteiger partial charge on any atom is -0.507 e. The second-order valence-electron chi connectivity index (χ2n) is 9.35. The number of amides is 1. The van der Waals surface area contributed by atoms with E-state index in [0.29, 0.717) is 47.3 Å². The summed E-state index contributed by atoms with van der Waals surface area (Å²) >= 11 is 0. The Morgan fingerprint density at radius 1 is 0.949 bits per heavy atom. The van der Waals surface area contributed by atoms with Gasteiger partial charge in [0.1, 0.15) is 17.3 Å². The zero-order valence-electron chi connectivity index (χ0n) is 22.6. The number of carbonyl (C=O) groups is 2. The van der Waals surface area contributed by atoms with E-state index in [9.17, 15) is 14.7 Å². The second-order valence-corrected chi connectivity index (χ2v) is 9.35. The Morgan fingerprint density at radius 2 is 1.67 bits per heavy atom. The predicted molar refractivity (Wildman–Crippen MR) is 147 cm³/mol. The third-order valence-electron chi connectivity index (χ3n) is 6.60. The van der Waals surface area contributed by atoms with Crippen LogP contribution in [-0.2, 0) is 16.1 Å². The van der Waals surface area contributed by atoms with Crippen molar-refractivity contribution in [2.24, 2.45) is 0 Å². The Labute approximate surface area is 228 Å². The molecule has 2 heterocycles. The minimum absolute atomic E-state index is 0.00656. The summed E-state index contributed by atoms with van der Waals surface area (Å²) in [7, 11) is 1.54. The molecular weight excluding hydrogens is 498 g/mol. The van der Waals surface area contributed by atoms with Crippen molar-refractivity contribution >= 4 is 17.4 Å². The molecule has 8 heteroatoms. The van der Waals surface area contributed by atoms with E-state index >= 15 is 0 Å². The van der Waals surface area contributed by atoms with Gasteiger partial charge in [-0.05, 0) is 66.9 Å². The van der Waals surface area contributed by atoms with Gasteiger partial charge in [-0.25, -0.2) is 0 Å². The number of nitrogens with zero attached hydrogens (tertiary/aromatic N) is 1. The average Bonchev–Trinajstić information content (AvgIpc) is 3.56. The van der Waals surface area contributed by atoms with Crippen LogP contribution >= 0.6 is 0 Å². The first kappa shape index (κ1) is 27.8. The summed E-state index contributed by atoms with van der Waals surface area (Å²) in [6.45, 7) is 5.37. The van der Waals surface area contributed by atoms with Gasteiger partial charge in [0.05, 0.1) is 44.7 Å². The van der Waals surface area contributed by atoms with Crippen LogP contribution < -0.4 is 14.2 Å². The first-order valence-corrected chi connectivity index (χ1v) is 13.3. The van der Waals surface area contributed by atoms with Crippen LogP contribution in [-0.4, -0.2) is 42.0 Å². The number of carbonyl (C=O) groups excluding carboxylic acids is 2. The summed E-state index contributed by atoms with van der Waals surface area (Å²) in [6, 6.07) is 14.7. The van der Waals surface area contributed by atoms with Crippen molar-refractivity contribution in [2.75, 3.05) is 20.3 Å². The molecule has 1 aliphatic heterocycles. The normalized spacial score (nSPS) is 16.5. The summed E-state index contributed by atoms with van der Waals surface area (Å²) < 4.78 is 22.6. The molecule has 0 bridgehead atoms. The first-order chi connectivity index (χ1) is 19.0. The summed E-state index contributed by atoms with van der Waals surface area (Å²) in [5.74, 6) is 0.467. The number of hydrogen-bond acceptors (Lipinski definition) is 7. The molecule has 1 saturated heterocycles. The molecule has 0 radical (unpaired) electrons. The second kappa shape index (κ2) is 13.0. The van der Waals surface area contributed by atoms with Gasteiger partial charge in [-0.15, -0.1) is 0 Å². The lowest BCUT2D eigenvalue weighted by Crippen LogP contribution is -2.29. The zero-order chi connectivity index (χ0) is 27.8. The van der Waals surface area contributed by atoms with Crippen LogP contribution in [0.5, 0.6) is 17.2 Å². The van der Waals surface area contributed by atoms with Crippen LogP contribution in [0.15, 0.2) is 70.9 Å². The van der Waals surface area contributed by atoms with E-state index in [1.54, 1.807) is 54.6 Å². The van der Waals surface area contributed by atoms with E-state index in [2.05, 4.69) is 13.8 Å². The number of unbranched alkanes of at least 4 members (excludes halogenated alkanes) is 2. The molecule has 0 aliphatic carbocycles. The SMILES string of the molecule is CCCCOc1ccc(C(O)=C2C(=O)C(=O)N(Cc3ccco3)[C@@H]2c2ccc(OCCCC)c(OC)c2)cc1. The van der Waals surface area contributed by atoms with E-state index in [-0.39, 0.29) is 17.9 Å². The van der Waals surface area contributed by atoms with Crippen LogP contribution in [0.4, 0.5) is 0 Å². The molecule has 39 heavy (non-hydrogen) atoms. The van der Waals surface area contributed by atoms with E-state index < -0.39 is 17.7 Å². The molecular formula is C31H35NO7. The van der Waals surface area contributed by atoms with Crippen molar-refractivity contribution in [3.05, 3.63) is 83.3 Å². The maximum atomic E-state index is 13.4. The number of methoxy groups -OCH3 is 1. The van der Waals surface area contributed by atoms with Crippen molar-refractivity contribution in [1.82, 2.24) is 4.90 Å². The lowest BCUT2D eigenvalue weighted by Gasteiger charge is -2.25. The quantitative estimate of drug-likeness (QED) is 0.120. The van der Waals surface area contributed by atoms with Crippen LogP contribution in [0.3, 0.4) is 0 Å². The van der Waals surface area contributed by atoms with Gasteiger partial charge < -0.3 is 28.6 Å². The van der Waals surface area contributed by atoms with Crippen molar-refractivity contribution in [3.8, 4) is 17.2 Å². The first-order valence-electron chi connectivity index (χ1n) is 13.3. The number of hydrogen-bond donors (Lipinski definition) is 1. The molecule has 1 N–H and O–H groups in total. The van der Waals surface area contributed by atoms with Crippen LogP contribution in [0, 0.1) is 0 Å². The van der Waals surface area contributed by atoms with E-state index in [1.807, 2.05) is 0 Å². The number of benzene rings is 2. The van der Waals surface area contributed by atoms with Crippen molar-refractivity contribution in [1.29, 1.82) is 0 Å². The van der Waals surface area contributed by atoms with E-state index in [1.165, 1.54) is 18.3 Å². The fourth-order valence-corrected chi connectivity index (χ4v) is 4.46. The zero-order valence-corrected chi connectivity index (χ0v) is 22.6. The third kappa shape index (κ3) is 6.28. The molecule has 0 spiro atoms. The maximum Gasteiger partial charge on any atom is 0.296 e. The van der Waals surface area contributed by atoms with Gasteiger partial charge >= 0.3 is 0 Å². The summed E-state index contributed by atoms with van der Waals surface area (Å²) in [5, 5.41) is 11.4. The van der Waals surface area contributed by atoms with E-state index in [0.717, 1.165) is 25.7 Å². The monoisotopic (exact) mass is 533 g/mol. The molecule has 0 saturated carbocycles. The van der Waals surface area contributed by atoms with Crippen LogP contribution in [0.2, 0.25) is 0 Å². The van der Waals surface area contributed by atoms with Crippen molar-refractivity contribution in [3.63, 3.8) is 0 Å². The summed E-state index contributed by atoms with van der Waals surface area (Å²) in [6.07, 6.45) is 5.36. The number of aliphatic hydroxyl groups excluding tert-OH is 1. The van der Waals surface area contributed by atoms with Gasteiger partial charge in [0.15, 0.2) is 11.5 Å². The summed E-state index contributed by atoms with van der Waals surface area (Å²) in [5.41, 5.74) is 1.000. The Hall–Kier alpha value is -4.20. The number of ketones is 1. The van der Waals surface area contributed by atoms with Crippen LogP contribution in [0.25, 0.3) is 5.76 Å². The largest absolute Gasteiger partial charge is 0.507 e. The molecule has 1 aromatic heterocycles. The minimum atomic E-state index is -0.867. The molecule has 0 unspecified atom stereocenters. The molecule has 206 valence electrons. The average molecular weight is 534 g/mol. The highest BCUT2D eigenvalue weighted by Crippen LogP contribution is 2.43. The number of aliphatic hydroxyl groups is 1. The third-order valence-corrected chi connectivity index (χ3v) is 6.60. The molecule has 1 amide bonds. The fraction of sp³-hybridized carbons (Fsp3) is 0.355. The number of likely N-dealkylation sites (tertiary alicyclic amines) is 1. The molecule has 1 atom stereocenters. The number of furan rings is 1. The van der Waals surface area contributed by atoms with Gasteiger partial charge in [0.2, 0.25) is 0 Å². The van der Waals surface area contributed by atoms with Gasteiger partial charge in [0.25, 0.3) is 11.7 Å². The molecule has 4 rings (SSSR count). The predicted octanol–water partition coefficient (Wildman–Crippen LogP) is 6.27. The van der Waals surface area contributed by atoms with Crippen LogP contribution in [0.1, 0.15) is 62.5 Å². The molecule has 1 fully saturated rings. The standard InChI is InChI=1S/C31H35NO7/c1-4-6-16-37-23-13-10-21(11-14-23)29(33)27-28(32(31(35)30(27)34)20-24-9-8-18-38-24)22-12-15-25(26(19-22)36-3)39-17-7-5-2/h8-15,18-19,28,33H,4-7,16-17,20H2,1-3H3/t28-/m1/s1. The molecule has 8 nitrogen and oxygen atoms in total. The Balaban J connectivity index is 1.75. The molecule has 1 aliphatic rings. The lowest BCUT2D eigenvalue weighted by atomic mass is 9.95. The van der Waals surface area contributed by atoms with Gasteiger partial charge in [-0.3, -0.25) is 9.59 Å². The van der Waals surface area contributed by atoms with E-state index in [4.69, 9.17) is 18.6 Å². The highest BCUT2D eigenvalue weighted by molar-refractivity contribution is 6.46. The maximum absolute atomic E-state index is 13.4. The fourth-order valence-electron chi connectivity index (χ4n) is 4.46. The summed E-state index contributed by atoms with van der Waals surface area (Å²) in [4.78, 5) is 28.0. The van der Waals surface area contributed by atoms with Gasteiger partial charge in [0, 0.05) is 5.56 Å². The number of Topliss-reactive ketones (excluding diaryl/α,β-unsaturated/α-hetero) is 1. The van der Waals surface area contributed by atoms with Gasteiger partial charge in [-0.1, -0.05) is 32.8 Å². The Bertz CT molecular complexity index is 1290.